The molecule has 0 atom stereocenters. The Morgan fingerprint density at radius 2 is 1.19 bits per heavy atom. The fraction of sp³-hybridized carbons (Fsp3) is 0.200. The summed E-state index contributed by atoms with van der Waals surface area (Å²) >= 11 is 0. The van der Waals surface area contributed by atoms with Crippen molar-refractivity contribution >= 4 is 0 Å². The summed E-state index contributed by atoms with van der Waals surface area (Å²) in [6, 6.07) is 37.1. The first-order valence-corrected chi connectivity index (χ1v) is 14.8. The van der Waals surface area contributed by atoms with Crippen molar-refractivity contribution in [3.63, 3.8) is 0 Å². The van der Waals surface area contributed by atoms with Crippen LogP contribution in [0.5, 0.6) is 5.75 Å². The van der Waals surface area contributed by atoms with Gasteiger partial charge in [-0.3, -0.25) is 0 Å². The van der Waals surface area contributed by atoms with E-state index >= 15 is 0 Å². The number of ether oxygens (including phenoxy) is 1. The van der Waals surface area contributed by atoms with Gasteiger partial charge < -0.3 is 4.74 Å². The summed E-state index contributed by atoms with van der Waals surface area (Å²) in [5.41, 5.74) is 10.3. The molecule has 5 aromatic rings. The summed E-state index contributed by atoms with van der Waals surface area (Å²) in [5.74, 6) is 6.65. The minimum atomic E-state index is -0.297. The zero-order valence-electron chi connectivity index (χ0n) is 24.7. The highest BCUT2D eigenvalue weighted by atomic mass is 19.1. The molecule has 1 nitrogen and oxygen atoms in total. The molecule has 0 spiro atoms. The first kappa shape index (κ1) is 28.9. The Bertz CT molecular complexity index is 1640. The monoisotopic (exact) mass is 552 g/mol. The summed E-state index contributed by atoms with van der Waals surface area (Å²) in [6.07, 6.45) is 4.20. The second kappa shape index (κ2) is 13.8. The Labute approximate surface area is 250 Å². The third-order valence-electron chi connectivity index (χ3n) is 7.52. The van der Waals surface area contributed by atoms with Gasteiger partial charge in [-0.1, -0.05) is 104 Å². The van der Waals surface area contributed by atoms with Crippen LogP contribution in [-0.2, 0) is 12.8 Å². The molecule has 0 aliphatic rings. The van der Waals surface area contributed by atoms with Gasteiger partial charge in [0.05, 0.1) is 12.2 Å². The van der Waals surface area contributed by atoms with Crippen molar-refractivity contribution in [2.24, 2.45) is 0 Å². The lowest BCUT2D eigenvalue weighted by molar-refractivity contribution is 0.311. The predicted octanol–water partition coefficient (Wildman–Crippen LogP) is 10.1. The normalized spacial score (nSPS) is 10.7. The van der Waals surface area contributed by atoms with Gasteiger partial charge in [-0.25, -0.2) is 4.39 Å². The fourth-order valence-corrected chi connectivity index (χ4v) is 5.07. The van der Waals surface area contributed by atoms with Gasteiger partial charge in [-0.05, 0) is 108 Å². The Kier molecular flexibility index (Phi) is 9.52. The standard InChI is InChI=1S/C40H37FO/c1-4-6-31-10-19-34(20-11-31)35-21-12-32(13-22-35)7-5-26-42-38-23-14-33(15-24-38)16-25-39-30(3)27-37(28-40(39)41)36-17-8-29(2)9-18-36/h8-15,17-24,27-28H,4-7,26H2,1-3H3. The number of aryl methyl sites for hydroxylation is 4. The number of benzene rings is 5. The van der Waals surface area contributed by atoms with Gasteiger partial charge in [0.1, 0.15) is 11.6 Å². The molecule has 0 saturated carbocycles. The van der Waals surface area contributed by atoms with Crippen LogP contribution in [0, 0.1) is 31.5 Å². The summed E-state index contributed by atoms with van der Waals surface area (Å²) in [5, 5.41) is 0. The molecule has 42 heavy (non-hydrogen) atoms. The molecule has 210 valence electrons. The van der Waals surface area contributed by atoms with E-state index in [1.807, 2.05) is 68.4 Å². The Hall–Kier alpha value is -4.61. The van der Waals surface area contributed by atoms with E-state index < -0.39 is 0 Å². The van der Waals surface area contributed by atoms with Gasteiger partial charge in [0, 0.05) is 5.56 Å². The number of hydrogen-bond acceptors (Lipinski definition) is 1. The lowest BCUT2D eigenvalue weighted by atomic mass is 9.98. The van der Waals surface area contributed by atoms with Crippen molar-refractivity contribution < 1.29 is 9.13 Å². The summed E-state index contributed by atoms with van der Waals surface area (Å²) in [4.78, 5) is 0. The van der Waals surface area contributed by atoms with Crippen molar-refractivity contribution in [3.8, 4) is 39.8 Å². The Balaban J connectivity index is 1.11. The molecule has 0 saturated heterocycles. The topological polar surface area (TPSA) is 9.23 Å². The van der Waals surface area contributed by atoms with Crippen molar-refractivity contribution in [1.82, 2.24) is 0 Å². The molecule has 0 unspecified atom stereocenters. The average molecular weight is 553 g/mol. The molecule has 0 N–H and O–H groups in total. The highest BCUT2D eigenvalue weighted by molar-refractivity contribution is 5.67. The molecule has 5 aromatic carbocycles. The van der Waals surface area contributed by atoms with E-state index in [1.54, 1.807) is 6.07 Å². The van der Waals surface area contributed by atoms with Crippen molar-refractivity contribution in [3.05, 3.63) is 148 Å². The smallest absolute Gasteiger partial charge is 0.139 e. The maximum absolute atomic E-state index is 15.0. The zero-order chi connectivity index (χ0) is 29.3. The van der Waals surface area contributed by atoms with Crippen LogP contribution in [0.4, 0.5) is 4.39 Å². The minimum absolute atomic E-state index is 0.297. The van der Waals surface area contributed by atoms with Gasteiger partial charge >= 0.3 is 0 Å². The molecule has 0 bridgehead atoms. The molecule has 0 fully saturated rings. The molecule has 0 amide bonds. The van der Waals surface area contributed by atoms with Crippen LogP contribution < -0.4 is 4.74 Å². The average Bonchev–Trinajstić information content (AvgIpc) is 3.01. The Morgan fingerprint density at radius 3 is 1.79 bits per heavy atom. The quantitative estimate of drug-likeness (QED) is 0.131. The third-order valence-corrected chi connectivity index (χ3v) is 7.52. The van der Waals surface area contributed by atoms with Gasteiger partial charge in [-0.2, -0.15) is 0 Å². The highest BCUT2D eigenvalue weighted by Gasteiger charge is 2.08. The van der Waals surface area contributed by atoms with Crippen molar-refractivity contribution in [2.75, 3.05) is 6.61 Å². The fourth-order valence-electron chi connectivity index (χ4n) is 5.07. The van der Waals surface area contributed by atoms with Crippen LogP contribution in [0.1, 0.15) is 53.1 Å². The molecule has 2 heteroatoms. The first-order chi connectivity index (χ1) is 20.5. The van der Waals surface area contributed by atoms with Gasteiger partial charge in [0.15, 0.2) is 0 Å². The second-order valence-electron chi connectivity index (χ2n) is 10.9. The summed E-state index contributed by atoms with van der Waals surface area (Å²) < 4.78 is 20.9. The van der Waals surface area contributed by atoms with Crippen molar-refractivity contribution in [2.45, 2.75) is 46.5 Å². The van der Waals surface area contributed by atoms with E-state index in [2.05, 4.69) is 67.3 Å². The number of halogens is 1. The van der Waals surface area contributed by atoms with E-state index in [-0.39, 0.29) is 5.82 Å². The lowest BCUT2D eigenvalue weighted by Crippen LogP contribution is -1.99. The van der Waals surface area contributed by atoms with Gasteiger partial charge in [-0.15, -0.1) is 0 Å². The predicted molar refractivity (Wildman–Crippen MR) is 173 cm³/mol. The van der Waals surface area contributed by atoms with E-state index in [0.29, 0.717) is 12.2 Å². The third kappa shape index (κ3) is 7.56. The lowest BCUT2D eigenvalue weighted by Gasteiger charge is -2.08. The molecule has 0 aromatic heterocycles. The first-order valence-electron chi connectivity index (χ1n) is 14.8. The van der Waals surface area contributed by atoms with E-state index in [4.69, 9.17) is 4.74 Å². The van der Waals surface area contributed by atoms with Crippen LogP contribution in [0.2, 0.25) is 0 Å². The van der Waals surface area contributed by atoms with Crippen LogP contribution >= 0.6 is 0 Å². The van der Waals surface area contributed by atoms with E-state index in [0.717, 1.165) is 47.3 Å². The van der Waals surface area contributed by atoms with E-state index in [1.165, 1.54) is 34.2 Å². The molecule has 5 rings (SSSR count). The SMILES string of the molecule is CCCc1ccc(-c2ccc(CCCOc3ccc(C#Cc4c(C)cc(-c5ccc(C)cc5)cc4F)cc3)cc2)cc1. The molecule has 0 aliphatic heterocycles. The molecular formula is C40H37FO. The van der Waals surface area contributed by atoms with Crippen molar-refractivity contribution in [1.29, 1.82) is 0 Å². The Morgan fingerprint density at radius 1 is 0.619 bits per heavy atom. The largest absolute Gasteiger partial charge is 0.494 e. The number of rotatable bonds is 9. The molecule has 0 aliphatic carbocycles. The molecular weight excluding hydrogens is 515 g/mol. The summed E-state index contributed by atoms with van der Waals surface area (Å²) in [6.45, 7) is 6.80. The number of hydrogen-bond donors (Lipinski definition) is 0. The van der Waals surface area contributed by atoms with Crippen LogP contribution in [0.15, 0.2) is 109 Å². The molecule has 0 radical (unpaired) electrons. The van der Waals surface area contributed by atoms with Gasteiger partial charge in [0.25, 0.3) is 0 Å². The van der Waals surface area contributed by atoms with Crippen LogP contribution in [-0.4, -0.2) is 6.61 Å². The van der Waals surface area contributed by atoms with E-state index in [9.17, 15) is 4.39 Å². The van der Waals surface area contributed by atoms with Crippen LogP contribution in [0.3, 0.4) is 0 Å². The zero-order valence-corrected chi connectivity index (χ0v) is 24.7. The maximum Gasteiger partial charge on any atom is 0.139 e. The second-order valence-corrected chi connectivity index (χ2v) is 10.9. The molecule has 0 heterocycles. The maximum atomic E-state index is 15.0. The van der Waals surface area contributed by atoms with Gasteiger partial charge in [0.2, 0.25) is 0 Å². The summed E-state index contributed by atoms with van der Waals surface area (Å²) in [7, 11) is 0. The van der Waals surface area contributed by atoms with Crippen LogP contribution in [0.25, 0.3) is 22.3 Å². The minimum Gasteiger partial charge on any atom is -0.494 e. The highest BCUT2D eigenvalue weighted by Crippen LogP contribution is 2.25.